The zero-order valence-corrected chi connectivity index (χ0v) is 9.76. The Hall–Kier alpha value is -2.45. The Kier molecular flexibility index (Phi) is 4.56. The molecule has 0 aromatic heterocycles. The zero-order valence-electron chi connectivity index (χ0n) is 9.76. The number of nitro benzene ring substituents is 1. The molecular weight excluding hydrogens is 266 g/mol. The van der Waals surface area contributed by atoms with Gasteiger partial charge in [-0.2, -0.15) is 8.78 Å². The van der Waals surface area contributed by atoms with Crippen molar-refractivity contribution in [1.29, 1.82) is 0 Å². The summed E-state index contributed by atoms with van der Waals surface area (Å²) in [5.41, 5.74) is 3.82. The largest absolute Gasteiger partial charge is 0.462 e. The highest BCUT2D eigenvalue weighted by Gasteiger charge is 2.29. The number of halogens is 2. The van der Waals surface area contributed by atoms with Crippen LogP contribution < -0.4 is 10.5 Å². The molecule has 0 spiro atoms. The van der Waals surface area contributed by atoms with Gasteiger partial charge in [-0.15, -0.1) is 0 Å². The number of rotatable bonds is 5. The fourth-order valence-corrected chi connectivity index (χ4v) is 1.35. The number of nitro groups is 1. The van der Waals surface area contributed by atoms with Gasteiger partial charge >= 0.3 is 18.3 Å². The highest BCUT2D eigenvalue weighted by atomic mass is 19.3. The molecule has 0 atom stereocenters. The van der Waals surface area contributed by atoms with Gasteiger partial charge in [-0.25, -0.2) is 4.79 Å². The van der Waals surface area contributed by atoms with Gasteiger partial charge in [-0.3, -0.25) is 10.1 Å². The molecule has 1 aromatic carbocycles. The van der Waals surface area contributed by atoms with E-state index in [9.17, 15) is 23.7 Å². The number of nitrogens with two attached hydrogens (primary N) is 1. The van der Waals surface area contributed by atoms with Crippen molar-refractivity contribution in [1.82, 2.24) is 0 Å². The lowest BCUT2D eigenvalue weighted by Gasteiger charge is -2.12. The number of carbonyl (C=O) groups is 1. The average Bonchev–Trinajstić information content (AvgIpc) is 2.28. The number of alkyl halides is 2. The monoisotopic (exact) mass is 276 g/mol. The normalized spacial score (nSPS) is 10.3. The molecule has 0 aliphatic rings. The van der Waals surface area contributed by atoms with E-state index in [1.54, 1.807) is 0 Å². The Balaban J connectivity index is 3.43. The summed E-state index contributed by atoms with van der Waals surface area (Å²) in [6.45, 7) is -1.90. The van der Waals surface area contributed by atoms with Crippen LogP contribution in [0.3, 0.4) is 0 Å². The lowest BCUT2D eigenvalue weighted by atomic mass is 10.1. The molecule has 1 rings (SSSR count). The minimum atomic E-state index is -3.34. The predicted octanol–water partition coefficient (Wildman–Crippen LogP) is 1.96. The van der Waals surface area contributed by atoms with Crippen LogP contribution in [0, 0.1) is 10.1 Å². The molecular formula is C10H10F2N2O5. The van der Waals surface area contributed by atoms with Gasteiger partial charge in [0, 0.05) is 6.07 Å². The molecule has 104 valence electrons. The van der Waals surface area contributed by atoms with Crippen molar-refractivity contribution in [3.05, 3.63) is 27.8 Å². The first-order chi connectivity index (χ1) is 8.88. The van der Waals surface area contributed by atoms with Gasteiger partial charge in [0.05, 0.1) is 17.2 Å². The maximum atomic E-state index is 12.3. The number of benzene rings is 1. The Bertz CT molecular complexity index is 507. The van der Waals surface area contributed by atoms with Crippen LogP contribution in [0.5, 0.6) is 5.75 Å². The number of carbonyl (C=O) groups excluding carboxylic acids is 1. The molecule has 0 radical (unpaired) electrons. The van der Waals surface area contributed by atoms with Crippen molar-refractivity contribution >= 4 is 17.3 Å². The van der Waals surface area contributed by atoms with E-state index < -0.39 is 34.5 Å². The van der Waals surface area contributed by atoms with Crippen molar-refractivity contribution < 1.29 is 28.0 Å². The van der Waals surface area contributed by atoms with E-state index >= 15 is 0 Å². The molecule has 0 aliphatic carbocycles. The number of nitrogen functional groups attached to an aromatic ring is 1. The maximum absolute atomic E-state index is 12.3. The number of hydrogen-bond donors (Lipinski definition) is 1. The maximum Gasteiger partial charge on any atom is 0.387 e. The predicted molar refractivity (Wildman–Crippen MR) is 60.1 cm³/mol. The molecule has 19 heavy (non-hydrogen) atoms. The Morgan fingerprint density at radius 2 is 2.16 bits per heavy atom. The molecule has 0 saturated carbocycles. The standard InChI is InChI=1S/C10H10F2N2O5/c1-2-18-9(15)7-5(13)3-4-6(14(16)17)8(7)19-10(11)12/h3-4,10H,2,13H2,1H3. The molecule has 0 fully saturated rings. The molecule has 9 heteroatoms. The molecule has 0 heterocycles. The van der Waals surface area contributed by atoms with Crippen LogP contribution in [0.15, 0.2) is 12.1 Å². The van der Waals surface area contributed by atoms with E-state index in [4.69, 9.17) is 5.73 Å². The number of anilines is 1. The van der Waals surface area contributed by atoms with E-state index in [0.29, 0.717) is 0 Å². The lowest BCUT2D eigenvalue weighted by molar-refractivity contribution is -0.386. The van der Waals surface area contributed by atoms with E-state index in [1.807, 2.05) is 0 Å². The summed E-state index contributed by atoms with van der Waals surface area (Å²) in [6, 6.07) is 1.92. The summed E-state index contributed by atoms with van der Waals surface area (Å²) < 4.78 is 33.2. The number of esters is 1. The van der Waals surface area contributed by atoms with Gasteiger partial charge in [0.25, 0.3) is 0 Å². The van der Waals surface area contributed by atoms with Gasteiger partial charge in [0.2, 0.25) is 5.75 Å². The van der Waals surface area contributed by atoms with Gasteiger partial charge in [-0.1, -0.05) is 0 Å². The summed E-state index contributed by atoms with van der Waals surface area (Å²) in [5, 5.41) is 10.7. The molecule has 0 saturated heterocycles. The lowest BCUT2D eigenvalue weighted by Crippen LogP contribution is -2.14. The highest BCUT2D eigenvalue weighted by Crippen LogP contribution is 2.36. The van der Waals surface area contributed by atoms with Crippen molar-refractivity contribution in [3.63, 3.8) is 0 Å². The number of nitrogens with zero attached hydrogens (tertiary/aromatic N) is 1. The van der Waals surface area contributed by atoms with Gasteiger partial charge < -0.3 is 15.2 Å². The van der Waals surface area contributed by atoms with Crippen LogP contribution in [0.4, 0.5) is 20.2 Å². The minimum absolute atomic E-state index is 0.0465. The quantitative estimate of drug-likeness (QED) is 0.381. The first-order valence-corrected chi connectivity index (χ1v) is 5.07. The summed E-state index contributed by atoms with van der Waals surface area (Å²) in [7, 11) is 0. The van der Waals surface area contributed by atoms with E-state index in [2.05, 4.69) is 9.47 Å². The van der Waals surface area contributed by atoms with Crippen LogP contribution in [-0.2, 0) is 4.74 Å². The summed E-state index contributed by atoms with van der Waals surface area (Å²) in [6.07, 6.45) is 0. The van der Waals surface area contributed by atoms with E-state index in [1.165, 1.54) is 6.92 Å². The van der Waals surface area contributed by atoms with Crippen LogP contribution in [-0.4, -0.2) is 24.1 Å². The van der Waals surface area contributed by atoms with Crippen LogP contribution >= 0.6 is 0 Å². The zero-order chi connectivity index (χ0) is 14.6. The molecule has 0 aliphatic heterocycles. The first kappa shape index (κ1) is 14.6. The van der Waals surface area contributed by atoms with Crippen LogP contribution in [0.1, 0.15) is 17.3 Å². The first-order valence-electron chi connectivity index (χ1n) is 5.07. The Morgan fingerprint density at radius 3 is 2.63 bits per heavy atom. The van der Waals surface area contributed by atoms with Gasteiger partial charge in [0.1, 0.15) is 5.56 Å². The molecule has 0 unspecified atom stereocenters. The van der Waals surface area contributed by atoms with E-state index in [0.717, 1.165) is 12.1 Å². The van der Waals surface area contributed by atoms with E-state index in [-0.39, 0.29) is 12.3 Å². The fourth-order valence-electron chi connectivity index (χ4n) is 1.35. The molecule has 7 nitrogen and oxygen atoms in total. The Morgan fingerprint density at radius 1 is 1.53 bits per heavy atom. The average molecular weight is 276 g/mol. The third-order valence-corrected chi connectivity index (χ3v) is 2.05. The third kappa shape index (κ3) is 3.27. The number of hydrogen-bond acceptors (Lipinski definition) is 6. The SMILES string of the molecule is CCOC(=O)c1c(N)ccc([N+](=O)[O-])c1OC(F)F. The molecule has 2 N–H and O–H groups in total. The summed E-state index contributed by atoms with van der Waals surface area (Å²) in [5.74, 6) is -1.97. The third-order valence-electron chi connectivity index (χ3n) is 2.05. The molecule has 1 aromatic rings. The highest BCUT2D eigenvalue weighted by molar-refractivity contribution is 5.99. The van der Waals surface area contributed by atoms with Gasteiger partial charge in [0.15, 0.2) is 0 Å². The molecule has 0 bridgehead atoms. The second-order valence-electron chi connectivity index (χ2n) is 3.23. The van der Waals surface area contributed by atoms with Gasteiger partial charge in [-0.05, 0) is 13.0 Å². The summed E-state index contributed by atoms with van der Waals surface area (Å²) in [4.78, 5) is 21.4. The van der Waals surface area contributed by atoms with Crippen LogP contribution in [0.25, 0.3) is 0 Å². The van der Waals surface area contributed by atoms with Crippen molar-refractivity contribution in [3.8, 4) is 5.75 Å². The second-order valence-corrected chi connectivity index (χ2v) is 3.23. The van der Waals surface area contributed by atoms with Crippen molar-refractivity contribution in [2.24, 2.45) is 0 Å². The Labute approximate surface area is 106 Å². The van der Waals surface area contributed by atoms with Crippen LogP contribution in [0.2, 0.25) is 0 Å². The summed E-state index contributed by atoms with van der Waals surface area (Å²) >= 11 is 0. The number of ether oxygens (including phenoxy) is 2. The van der Waals surface area contributed by atoms with Crippen molar-refractivity contribution in [2.45, 2.75) is 13.5 Å². The topological polar surface area (TPSA) is 105 Å². The fraction of sp³-hybridized carbons (Fsp3) is 0.300. The molecule has 0 amide bonds. The smallest absolute Gasteiger partial charge is 0.387 e. The second kappa shape index (κ2) is 5.94. The minimum Gasteiger partial charge on any atom is -0.462 e. The van der Waals surface area contributed by atoms with Crippen molar-refractivity contribution in [2.75, 3.05) is 12.3 Å².